The van der Waals surface area contributed by atoms with Gasteiger partial charge in [0.05, 0.1) is 22.9 Å². The molecule has 1 aromatic carbocycles. The molecule has 1 saturated carbocycles. The van der Waals surface area contributed by atoms with E-state index in [1.165, 1.54) is 4.90 Å². The number of hydrogen-bond donors (Lipinski definition) is 2. The molecule has 0 radical (unpaired) electrons. The van der Waals surface area contributed by atoms with Gasteiger partial charge in [-0.3, -0.25) is 19.3 Å². The van der Waals surface area contributed by atoms with Gasteiger partial charge in [0.15, 0.2) is 0 Å². The molecule has 1 aliphatic heterocycles. The van der Waals surface area contributed by atoms with Crippen molar-refractivity contribution >= 4 is 28.8 Å². The fraction of sp³-hybridized carbons (Fsp3) is 0.524. The third-order valence-electron chi connectivity index (χ3n) is 5.85. The van der Waals surface area contributed by atoms with Crippen molar-refractivity contribution in [1.29, 1.82) is 0 Å². The topological polar surface area (TPSA) is 95.2 Å². The Kier molecular flexibility index (Phi) is 5.41. The van der Waals surface area contributed by atoms with Crippen LogP contribution in [0.2, 0.25) is 0 Å². The molecule has 0 bridgehead atoms. The Hall–Kier alpha value is -2.70. The Morgan fingerprint density at radius 3 is 2.57 bits per heavy atom. The van der Waals surface area contributed by atoms with Crippen molar-refractivity contribution in [3.8, 4) is 0 Å². The molecule has 0 unspecified atom stereocenters. The predicted octanol–water partition coefficient (Wildman–Crippen LogP) is 2.18. The molecule has 1 saturated heterocycles. The van der Waals surface area contributed by atoms with Crippen LogP contribution in [0.25, 0.3) is 11.0 Å². The lowest BCUT2D eigenvalue weighted by Gasteiger charge is -2.19. The van der Waals surface area contributed by atoms with Crippen LogP contribution in [0.1, 0.15) is 44.3 Å². The summed E-state index contributed by atoms with van der Waals surface area (Å²) in [5.41, 5.74) is 1.96. The highest BCUT2D eigenvalue weighted by Gasteiger charge is 2.47. The SMILES string of the molecule is O=C(CCN1C(=O)[C@@H]2CCCC[C@H]2C1=O)NCCCc1nc2ccccc2[nH]1. The number of amides is 3. The lowest BCUT2D eigenvalue weighted by Crippen LogP contribution is -2.35. The summed E-state index contributed by atoms with van der Waals surface area (Å²) in [6.07, 6.45) is 5.33. The Morgan fingerprint density at radius 1 is 1.14 bits per heavy atom. The summed E-state index contributed by atoms with van der Waals surface area (Å²) in [4.78, 5) is 46.0. The second-order valence-corrected chi connectivity index (χ2v) is 7.73. The Bertz CT molecular complexity index is 834. The molecule has 2 aliphatic rings. The normalized spacial score (nSPS) is 21.9. The van der Waals surface area contributed by atoms with E-state index in [1.54, 1.807) is 0 Å². The minimum atomic E-state index is -0.145. The van der Waals surface area contributed by atoms with Gasteiger partial charge in [-0.2, -0.15) is 0 Å². The molecule has 2 heterocycles. The molecule has 148 valence electrons. The number of imidazole rings is 1. The molecule has 2 fully saturated rings. The van der Waals surface area contributed by atoms with Crippen LogP contribution < -0.4 is 5.32 Å². The number of para-hydroxylation sites is 2. The van der Waals surface area contributed by atoms with Crippen molar-refractivity contribution in [1.82, 2.24) is 20.2 Å². The minimum Gasteiger partial charge on any atom is -0.356 e. The van der Waals surface area contributed by atoms with Crippen LogP contribution >= 0.6 is 0 Å². The summed E-state index contributed by atoms with van der Waals surface area (Å²) in [5, 5.41) is 2.87. The molecule has 2 N–H and O–H groups in total. The molecule has 2 atom stereocenters. The first-order valence-electron chi connectivity index (χ1n) is 10.2. The molecule has 1 aromatic heterocycles. The van der Waals surface area contributed by atoms with Crippen LogP contribution in [0.5, 0.6) is 0 Å². The summed E-state index contributed by atoms with van der Waals surface area (Å²) < 4.78 is 0. The van der Waals surface area contributed by atoms with Crippen LogP contribution in [-0.4, -0.2) is 45.7 Å². The molecule has 28 heavy (non-hydrogen) atoms. The van der Waals surface area contributed by atoms with Gasteiger partial charge in [-0.25, -0.2) is 4.98 Å². The van der Waals surface area contributed by atoms with Crippen molar-refractivity contribution in [2.45, 2.75) is 44.9 Å². The van der Waals surface area contributed by atoms with E-state index in [4.69, 9.17) is 0 Å². The van der Waals surface area contributed by atoms with E-state index in [2.05, 4.69) is 15.3 Å². The van der Waals surface area contributed by atoms with Gasteiger partial charge in [0.25, 0.3) is 0 Å². The quantitative estimate of drug-likeness (QED) is 0.567. The molecule has 7 nitrogen and oxygen atoms in total. The largest absolute Gasteiger partial charge is 0.356 e. The molecule has 2 aromatic rings. The first kappa shape index (κ1) is 18.7. The Balaban J connectivity index is 1.18. The average Bonchev–Trinajstić information content (AvgIpc) is 3.23. The maximum absolute atomic E-state index is 12.4. The van der Waals surface area contributed by atoms with Crippen LogP contribution in [0, 0.1) is 11.8 Å². The van der Waals surface area contributed by atoms with Gasteiger partial charge in [-0.1, -0.05) is 25.0 Å². The number of aromatic amines is 1. The molecule has 1 aliphatic carbocycles. The van der Waals surface area contributed by atoms with Crippen molar-refractivity contribution in [2.75, 3.05) is 13.1 Å². The zero-order chi connectivity index (χ0) is 19.5. The second-order valence-electron chi connectivity index (χ2n) is 7.73. The van der Waals surface area contributed by atoms with E-state index in [1.807, 2.05) is 24.3 Å². The van der Waals surface area contributed by atoms with Crippen molar-refractivity contribution < 1.29 is 14.4 Å². The first-order valence-corrected chi connectivity index (χ1v) is 10.2. The van der Waals surface area contributed by atoms with Crippen LogP contribution in [0.4, 0.5) is 0 Å². The number of fused-ring (bicyclic) bond motifs is 2. The number of hydrogen-bond acceptors (Lipinski definition) is 4. The summed E-state index contributed by atoms with van der Waals surface area (Å²) in [5.74, 6) is 0.340. The zero-order valence-corrected chi connectivity index (χ0v) is 15.9. The third kappa shape index (κ3) is 3.79. The molecular weight excluding hydrogens is 356 g/mol. The first-order chi connectivity index (χ1) is 13.6. The standard InChI is InChI=1S/C21H26N4O3/c26-19(11-13-25-20(27)14-6-1-2-7-15(14)21(25)28)22-12-5-10-18-23-16-8-3-4-9-17(16)24-18/h3-4,8-9,14-15H,1-2,5-7,10-13H2,(H,22,26)(H,23,24)/t14-,15-/m1/s1. The number of likely N-dealkylation sites (tertiary alicyclic amines) is 1. The van der Waals surface area contributed by atoms with Crippen molar-refractivity contribution in [2.24, 2.45) is 11.8 Å². The van der Waals surface area contributed by atoms with Crippen molar-refractivity contribution in [3.63, 3.8) is 0 Å². The lowest BCUT2D eigenvalue weighted by atomic mass is 9.81. The monoisotopic (exact) mass is 382 g/mol. The van der Waals surface area contributed by atoms with Crippen molar-refractivity contribution in [3.05, 3.63) is 30.1 Å². The second kappa shape index (κ2) is 8.12. The van der Waals surface area contributed by atoms with E-state index in [-0.39, 0.29) is 42.5 Å². The number of nitrogens with one attached hydrogen (secondary N) is 2. The van der Waals surface area contributed by atoms with Gasteiger partial charge < -0.3 is 10.3 Å². The van der Waals surface area contributed by atoms with Gasteiger partial charge in [0.1, 0.15) is 5.82 Å². The Morgan fingerprint density at radius 2 is 1.86 bits per heavy atom. The number of H-pyrrole nitrogens is 1. The summed E-state index contributed by atoms with van der Waals surface area (Å²) in [7, 11) is 0. The number of aryl methyl sites for hydroxylation is 1. The van der Waals surface area contributed by atoms with Crippen LogP contribution in [-0.2, 0) is 20.8 Å². The summed E-state index contributed by atoms with van der Waals surface area (Å²) >= 11 is 0. The fourth-order valence-corrected chi connectivity index (χ4v) is 4.36. The summed E-state index contributed by atoms with van der Waals surface area (Å²) in [6.45, 7) is 0.739. The van der Waals surface area contributed by atoms with E-state index < -0.39 is 0 Å². The average molecular weight is 382 g/mol. The molecular formula is C21H26N4O3. The van der Waals surface area contributed by atoms with E-state index >= 15 is 0 Å². The van der Waals surface area contributed by atoms with Crippen LogP contribution in [0.3, 0.4) is 0 Å². The lowest BCUT2D eigenvalue weighted by molar-refractivity contribution is -0.140. The van der Waals surface area contributed by atoms with E-state index in [9.17, 15) is 14.4 Å². The van der Waals surface area contributed by atoms with Gasteiger partial charge >= 0.3 is 0 Å². The van der Waals surface area contributed by atoms with E-state index in [0.29, 0.717) is 6.54 Å². The maximum atomic E-state index is 12.4. The predicted molar refractivity (Wildman–Crippen MR) is 104 cm³/mol. The van der Waals surface area contributed by atoms with Crippen LogP contribution in [0.15, 0.2) is 24.3 Å². The summed E-state index contributed by atoms with van der Waals surface area (Å²) in [6, 6.07) is 7.88. The van der Waals surface area contributed by atoms with Gasteiger partial charge in [-0.05, 0) is 31.4 Å². The fourth-order valence-electron chi connectivity index (χ4n) is 4.36. The number of aromatic nitrogens is 2. The molecule has 7 heteroatoms. The smallest absolute Gasteiger partial charge is 0.233 e. The number of carbonyl (C=O) groups excluding carboxylic acids is 3. The molecule has 3 amide bonds. The highest BCUT2D eigenvalue weighted by Crippen LogP contribution is 2.37. The van der Waals surface area contributed by atoms with Gasteiger partial charge in [0.2, 0.25) is 17.7 Å². The highest BCUT2D eigenvalue weighted by atomic mass is 16.2. The molecule has 0 spiro atoms. The zero-order valence-electron chi connectivity index (χ0n) is 15.9. The van der Waals surface area contributed by atoms with Gasteiger partial charge in [0, 0.05) is 25.9 Å². The third-order valence-corrected chi connectivity index (χ3v) is 5.85. The van der Waals surface area contributed by atoms with Gasteiger partial charge in [-0.15, -0.1) is 0 Å². The number of rotatable bonds is 7. The van der Waals surface area contributed by atoms with E-state index in [0.717, 1.165) is 55.4 Å². The Labute approximate surface area is 163 Å². The minimum absolute atomic E-state index is 0.0765. The molecule has 4 rings (SSSR count). The number of nitrogens with zero attached hydrogens (tertiary/aromatic N) is 2. The maximum Gasteiger partial charge on any atom is 0.233 e. The highest BCUT2D eigenvalue weighted by molar-refractivity contribution is 6.05. The number of benzene rings is 1. The number of imide groups is 1. The number of carbonyl (C=O) groups is 3.